The van der Waals surface area contributed by atoms with E-state index in [-0.39, 0.29) is 45.1 Å². The first-order chi connectivity index (χ1) is 19.9. The fourth-order valence-corrected chi connectivity index (χ4v) is 7.05. The van der Waals surface area contributed by atoms with Crippen LogP contribution in [0.3, 0.4) is 0 Å². The maximum Gasteiger partial charge on any atom is 0.319 e. The zero-order valence-electron chi connectivity index (χ0n) is 22.8. The lowest BCUT2D eigenvalue weighted by Gasteiger charge is -2.38. The fourth-order valence-electron chi connectivity index (χ4n) is 6.76. The molecule has 41 heavy (non-hydrogen) atoms. The number of nitrogens with one attached hydrogen (secondary N) is 1. The van der Waals surface area contributed by atoms with E-state index in [0.717, 1.165) is 51.7 Å². The molecule has 4 aliphatic rings. The Bertz CT molecular complexity index is 1650. The highest BCUT2D eigenvalue weighted by molar-refractivity contribution is 6.35. The molecule has 0 aliphatic carbocycles. The van der Waals surface area contributed by atoms with E-state index >= 15 is 4.39 Å². The van der Waals surface area contributed by atoms with E-state index in [4.69, 9.17) is 21.3 Å². The van der Waals surface area contributed by atoms with Crippen molar-refractivity contribution < 1.29 is 18.6 Å². The number of phenols is 1. The molecule has 3 unspecified atom stereocenters. The molecule has 2 bridgehead atoms. The van der Waals surface area contributed by atoms with E-state index in [1.165, 1.54) is 6.07 Å². The van der Waals surface area contributed by atoms with E-state index in [1.807, 2.05) is 0 Å². The zero-order chi connectivity index (χ0) is 28.2. The van der Waals surface area contributed by atoms with E-state index < -0.39 is 17.4 Å². The second-order valence-corrected chi connectivity index (χ2v) is 11.9. The summed E-state index contributed by atoms with van der Waals surface area (Å²) in [5.74, 6) is -1.38. The summed E-state index contributed by atoms with van der Waals surface area (Å²) >= 11 is 6.82. The summed E-state index contributed by atoms with van der Waals surface area (Å²) < 4.78 is 37.7. The Morgan fingerprint density at radius 3 is 2.68 bits per heavy atom. The van der Waals surface area contributed by atoms with Gasteiger partial charge in [0.15, 0.2) is 17.4 Å². The summed E-state index contributed by atoms with van der Waals surface area (Å²) in [5.41, 5.74) is 0.429. The average Bonchev–Trinajstić information content (AvgIpc) is 3.14. The van der Waals surface area contributed by atoms with Crippen LogP contribution in [-0.4, -0.2) is 71.4 Å². The van der Waals surface area contributed by atoms with Gasteiger partial charge in [-0.25, -0.2) is 8.78 Å². The normalized spacial score (nSPS) is 23.0. The molecular weight excluding hydrogens is 548 g/mol. The summed E-state index contributed by atoms with van der Waals surface area (Å²) in [5, 5.41) is 15.3. The van der Waals surface area contributed by atoms with Gasteiger partial charge in [-0.3, -0.25) is 0 Å². The number of hydrogen-bond donors (Lipinski definition) is 2. The molecule has 0 spiro atoms. The minimum absolute atomic E-state index is 0.0517. The Morgan fingerprint density at radius 1 is 1.05 bits per heavy atom. The van der Waals surface area contributed by atoms with Gasteiger partial charge in [0.1, 0.15) is 17.9 Å². The van der Waals surface area contributed by atoms with E-state index in [2.05, 4.69) is 27.1 Å². The van der Waals surface area contributed by atoms with Crippen LogP contribution in [0.4, 0.5) is 14.6 Å². The molecule has 4 aromatic rings. The van der Waals surface area contributed by atoms with Gasteiger partial charge in [-0.2, -0.15) is 9.97 Å². The molecule has 4 fully saturated rings. The summed E-state index contributed by atoms with van der Waals surface area (Å²) in [4.78, 5) is 14.0. The van der Waals surface area contributed by atoms with Crippen LogP contribution in [-0.2, 0) is 0 Å². The Hall–Kier alpha value is -3.27. The number of aromatic nitrogens is 2. The molecular formula is C31H32ClF2N5O2. The third-order valence-corrected chi connectivity index (χ3v) is 9.31. The molecule has 3 aromatic carbocycles. The van der Waals surface area contributed by atoms with Crippen LogP contribution in [0, 0.1) is 11.6 Å². The van der Waals surface area contributed by atoms with Crippen LogP contribution < -0.4 is 15.0 Å². The van der Waals surface area contributed by atoms with E-state index in [1.54, 1.807) is 30.3 Å². The Morgan fingerprint density at radius 2 is 1.88 bits per heavy atom. The van der Waals surface area contributed by atoms with Gasteiger partial charge in [-0.05, 0) is 68.8 Å². The predicted octanol–water partition coefficient (Wildman–Crippen LogP) is 5.89. The minimum atomic E-state index is -0.760. The lowest BCUT2D eigenvalue weighted by molar-refractivity contribution is 0.188. The standard InChI is InChI=1S/C31H32ClF2N5O2/c1-38-11-5-8-19(38)16-41-31-36-29-23(30(37-31)39-15-17-6-4-7-18(39)14-35-17)12-24(32)26(28(29)34)22-13-25(40)27(33)21-10-3-2-9-20(21)22/h2-3,9-10,12-13,17-19,35,40H,4-8,11,14-16H2,1H3. The summed E-state index contributed by atoms with van der Waals surface area (Å²) in [6.07, 6.45) is 5.32. The van der Waals surface area contributed by atoms with Gasteiger partial charge in [-0.15, -0.1) is 0 Å². The highest BCUT2D eigenvalue weighted by Crippen LogP contribution is 2.44. The number of fused-ring (bicyclic) bond motifs is 6. The first-order valence-electron chi connectivity index (χ1n) is 14.3. The number of likely N-dealkylation sites (N-methyl/N-ethyl adjacent to an activating group) is 1. The van der Waals surface area contributed by atoms with Crippen molar-refractivity contribution in [2.45, 2.75) is 50.2 Å². The Labute approximate surface area is 242 Å². The molecule has 0 radical (unpaired) electrons. The van der Waals surface area contributed by atoms with Crippen molar-refractivity contribution in [2.75, 3.05) is 38.2 Å². The van der Waals surface area contributed by atoms with Crippen LogP contribution in [0.25, 0.3) is 32.8 Å². The average molecular weight is 580 g/mol. The number of rotatable bonds is 5. The number of phenolic OH excluding ortho intramolecular Hbond substituents is 1. The van der Waals surface area contributed by atoms with Crippen LogP contribution in [0.1, 0.15) is 32.1 Å². The van der Waals surface area contributed by atoms with Gasteiger partial charge in [0.05, 0.1) is 5.02 Å². The number of benzene rings is 3. The number of halogens is 3. The van der Waals surface area contributed by atoms with Gasteiger partial charge in [-0.1, -0.05) is 35.9 Å². The second kappa shape index (κ2) is 10.5. The molecule has 1 aromatic heterocycles. The smallest absolute Gasteiger partial charge is 0.319 e. The number of likely N-dealkylation sites (tertiary alicyclic amines) is 1. The Kier molecular flexibility index (Phi) is 6.84. The molecule has 3 atom stereocenters. The van der Waals surface area contributed by atoms with Crippen LogP contribution in [0.2, 0.25) is 5.02 Å². The molecule has 0 amide bonds. The zero-order valence-corrected chi connectivity index (χ0v) is 23.6. The quantitative estimate of drug-likeness (QED) is 0.305. The van der Waals surface area contributed by atoms with Crippen molar-refractivity contribution in [3.63, 3.8) is 0 Å². The molecule has 4 saturated heterocycles. The largest absolute Gasteiger partial charge is 0.505 e. The van der Waals surface area contributed by atoms with Crippen molar-refractivity contribution in [3.05, 3.63) is 53.1 Å². The molecule has 7 nitrogen and oxygen atoms in total. The number of ether oxygens (including phenoxy) is 1. The molecule has 5 heterocycles. The van der Waals surface area contributed by atoms with Crippen LogP contribution in [0.5, 0.6) is 11.8 Å². The molecule has 2 N–H and O–H groups in total. The third-order valence-electron chi connectivity index (χ3n) is 9.01. The van der Waals surface area contributed by atoms with Crippen molar-refractivity contribution in [1.82, 2.24) is 20.2 Å². The first-order valence-corrected chi connectivity index (χ1v) is 14.7. The summed E-state index contributed by atoms with van der Waals surface area (Å²) in [7, 11) is 2.07. The lowest BCUT2D eigenvalue weighted by Crippen LogP contribution is -2.54. The van der Waals surface area contributed by atoms with Crippen molar-refractivity contribution in [3.8, 4) is 22.9 Å². The van der Waals surface area contributed by atoms with Crippen LogP contribution >= 0.6 is 11.6 Å². The molecule has 0 saturated carbocycles. The highest BCUT2D eigenvalue weighted by Gasteiger charge is 2.34. The summed E-state index contributed by atoms with van der Waals surface area (Å²) in [6.45, 7) is 3.00. The van der Waals surface area contributed by atoms with Crippen molar-refractivity contribution >= 4 is 39.1 Å². The predicted molar refractivity (Wildman–Crippen MR) is 157 cm³/mol. The van der Waals surface area contributed by atoms with Gasteiger partial charge >= 0.3 is 6.01 Å². The maximum atomic E-state index is 16.7. The monoisotopic (exact) mass is 579 g/mol. The number of anilines is 1. The molecule has 10 heteroatoms. The van der Waals surface area contributed by atoms with Gasteiger partial charge in [0.25, 0.3) is 0 Å². The van der Waals surface area contributed by atoms with Crippen LogP contribution in [0.15, 0.2) is 36.4 Å². The number of piperazine rings is 1. The number of nitrogens with zero attached hydrogens (tertiary/aromatic N) is 4. The lowest BCUT2D eigenvalue weighted by atomic mass is 9.95. The van der Waals surface area contributed by atoms with E-state index in [9.17, 15) is 9.50 Å². The topological polar surface area (TPSA) is 73.8 Å². The number of hydrogen-bond acceptors (Lipinski definition) is 7. The third kappa shape index (κ3) is 4.64. The minimum Gasteiger partial charge on any atom is -0.505 e. The van der Waals surface area contributed by atoms with Crippen molar-refractivity contribution in [2.24, 2.45) is 0 Å². The van der Waals surface area contributed by atoms with Crippen molar-refractivity contribution in [1.29, 1.82) is 0 Å². The summed E-state index contributed by atoms with van der Waals surface area (Å²) in [6, 6.07) is 10.5. The first kappa shape index (κ1) is 26.6. The highest BCUT2D eigenvalue weighted by atomic mass is 35.5. The number of aromatic hydroxyl groups is 1. The SMILES string of the molecule is CN1CCCC1COc1nc(N2CC3CCCC2CN3)c2cc(Cl)c(-c3cc(O)c(F)c4ccccc34)c(F)c2n1. The van der Waals surface area contributed by atoms with Gasteiger partial charge in [0.2, 0.25) is 0 Å². The van der Waals surface area contributed by atoms with E-state index in [0.29, 0.717) is 29.2 Å². The molecule has 214 valence electrons. The Balaban J connectivity index is 1.41. The van der Waals surface area contributed by atoms with Gasteiger partial charge in [0, 0.05) is 47.6 Å². The van der Waals surface area contributed by atoms with Gasteiger partial charge < -0.3 is 25.0 Å². The maximum absolute atomic E-state index is 16.7. The second-order valence-electron chi connectivity index (χ2n) is 11.5. The fraction of sp³-hybridized carbons (Fsp3) is 0.419. The molecule has 4 aliphatic heterocycles. The molecule has 8 rings (SSSR count).